The number of nitrogens with one attached hydrogen (secondary N) is 1. The highest BCUT2D eigenvalue weighted by Crippen LogP contribution is 2.12. The zero-order valence-corrected chi connectivity index (χ0v) is 10.4. The van der Waals surface area contributed by atoms with Crippen molar-refractivity contribution < 1.29 is 14.3 Å². The number of aldehydes is 1. The van der Waals surface area contributed by atoms with Crippen LogP contribution in [0.1, 0.15) is 36.7 Å². The Morgan fingerprint density at radius 3 is 2.59 bits per heavy atom. The molecule has 92 valence electrons. The van der Waals surface area contributed by atoms with Crippen LogP contribution in [0.15, 0.2) is 12.3 Å². The van der Waals surface area contributed by atoms with E-state index in [-0.39, 0.29) is 0 Å². The van der Waals surface area contributed by atoms with Crippen LogP contribution in [0, 0.1) is 6.92 Å². The molecular formula is C12H16N2O3. The number of amides is 1. The molecule has 1 aromatic rings. The minimum Gasteiger partial charge on any atom is -0.444 e. The molecule has 1 amide bonds. The normalized spacial score (nSPS) is 10.8. The fourth-order valence-corrected chi connectivity index (χ4v) is 1.17. The summed E-state index contributed by atoms with van der Waals surface area (Å²) in [6.07, 6.45) is 1.57. The van der Waals surface area contributed by atoms with Crippen LogP contribution in [0.2, 0.25) is 0 Å². The van der Waals surface area contributed by atoms with E-state index in [2.05, 4.69) is 10.3 Å². The average Bonchev–Trinajstić information content (AvgIpc) is 2.14. The van der Waals surface area contributed by atoms with Crippen LogP contribution >= 0.6 is 0 Å². The van der Waals surface area contributed by atoms with Crippen molar-refractivity contribution in [2.45, 2.75) is 33.3 Å². The van der Waals surface area contributed by atoms with Crippen molar-refractivity contribution in [3.05, 3.63) is 23.4 Å². The van der Waals surface area contributed by atoms with E-state index in [0.29, 0.717) is 11.4 Å². The Balaban J connectivity index is 2.73. The summed E-state index contributed by atoms with van der Waals surface area (Å²) in [6, 6.07) is 1.62. The number of pyridine rings is 1. The molecule has 1 N–H and O–H groups in total. The number of carbonyl (C=O) groups excluding carboxylic acids is 2. The predicted octanol–water partition coefficient (Wildman–Crippen LogP) is 2.55. The van der Waals surface area contributed by atoms with Crippen molar-refractivity contribution >= 4 is 18.2 Å². The number of ether oxygens (including phenoxy) is 1. The second-order valence-corrected chi connectivity index (χ2v) is 4.67. The van der Waals surface area contributed by atoms with Gasteiger partial charge in [-0.05, 0) is 39.3 Å². The van der Waals surface area contributed by atoms with Crippen LogP contribution in [0.3, 0.4) is 0 Å². The van der Waals surface area contributed by atoms with Crippen molar-refractivity contribution in [1.29, 1.82) is 0 Å². The first kappa shape index (κ1) is 13.2. The van der Waals surface area contributed by atoms with Gasteiger partial charge in [-0.2, -0.15) is 0 Å². The highest BCUT2D eigenvalue weighted by molar-refractivity contribution is 5.84. The molecular weight excluding hydrogens is 220 g/mol. The molecule has 0 aliphatic heterocycles. The largest absolute Gasteiger partial charge is 0.444 e. The van der Waals surface area contributed by atoms with Crippen LogP contribution in [-0.4, -0.2) is 23.0 Å². The number of hydrogen-bond donors (Lipinski definition) is 1. The van der Waals surface area contributed by atoms with Crippen molar-refractivity contribution in [3.63, 3.8) is 0 Å². The lowest BCUT2D eigenvalue weighted by atomic mass is 10.2. The second-order valence-electron chi connectivity index (χ2n) is 4.67. The van der Waals surface area contributed by atoms with Gasteiger partial charge in [0, 0.05) is 11.8 Å². The number of carbonyl (C=O) groups is 2. The lowest BCUT2D eigenvalue weighted by Crippen LogP contribution is -2.27. The smallest absolute Gasteiger partial charge is 0.413 e. The van der Waals surface area contributed by atoms with E-state index in [1.807, 2.05) is 0 Å². The van der Waals surface area contributed by atoms with E-state index in [1.54, 1.807) is 33.8 Å². The minimum absolute atomic E-state index is 0.363. The molecule has 0 saturated heterocycles. The van der Waals surface area contributed by atoms with Gasteiger partial charge in [0.25, 0.3) is 0 Å². The van der Waals surface area contributed by atoms with Gasteiger partial charge < -0.3 is 4.74 Å². The molecule has 0 unspecified atom stereocenters. The van der Waals surface area contributed by atoms with E-state index in [9.17, 15) is 9.59 Å². The summed E-state index contributed by atoms with van der Waals surface area (Å²) in [7, 11) is 0. The van der Waals surface area contributed by atoms with Gasteiger partial charge in [0.2, 0.25) is 0 Å². The number of hydrogen-bond acceptors (Lipinski definition) is 4. The summed E-state index contributed by atoms with van der Waals surface area (Å²) in [4.78, 5) is 26.0. The van der Waals surface area contributed by atoms with Crippen molar-refractivity contribution in [1.82, 2.24) is 4.98 Å². The Morgan fingerprint density at radius 2 is 2.12 bits per heavy atom. The first-order valence-corrected chi connectivity index (χ1v) is 5.23. The highest BCUT2D eigenvalue weighted by Gasteiger charge is 2.16. The zero-order chi connectivity index (χ0) is 13.1. The molecule has 0 aromatic carbocycles. The van der Waals surface area contributed by atoms with Crippen molar-refractivity contribution in [2.24, 2.45) is 0 Å². The molecule has 0 saturated carbocycles. The second kappa shape index (κ2) is 4.95. The summed E-state index contributed by atoms with van der Waals surface area (Å²) in [6.45, 7) is 7.11. The highest BCUT2D eigenvalue weighted by atomic mass is 16.6. The number of nitrogens with zero attached hydrogens (tertiary/aromatic N) is 1. The summed E-state index contributed by atoms with van der Waals surface area (Å²) >= 11 is 0. The third-order valence-electron chi connectivity index (χ3n) is 1.91. The van der Waals surface area contributed by atoms with Crippen molar-refractivity contribution in [3.8, 4) is 0 Å². The maximum atomic E-state index is 11.5. The molecule has 0 spiro atoms. The zero-order valence-electron chi connectivity index (χ0n) is 10.4. The van der Waals surface area contributed by atoms with Gasteiger partial charge >= 0.3 is 6.09 Å². The monoisotopic (exact) mass is 236 g/mol. The topological polar surface area (TPSA) is 68.3 Å². The molecule has 0 aliphatic rings. The van der Waals surface area contributed by atoms with Crippen LogP contribution < -0.4 is 5.32 Å². The van der Waals surface area contributed by atoms with Gasteiger partial charge in [0.1, 0.15) is 11.4 Å². The van der Waals surface area contributed by atoms with Gasteiger partial charge in [-0.3, -0.25) is 10.1 Å². The summed E-state index contributed by atoms with van der Waals surface area (Å²) < 4.78 is 5.08. The summed E-state index contributed by atoms with van der Waals surface area (Å²) in [5.74, 6) is 0.363. The Labute approximate surface area is 100 Å². The molecule has 17 heavy (non-hydrogen) atoms. The van der Waals surface area contributed by atoms with Gasteiger partial charge in [-0.1, -0.05) is 0 Å². The minimum atomic E-state index is -0.566. The Morgan fingerprint density at radius 1 is 1.47 bits per heavy atom. The van der Waals surface area contributed by atoms with E-state index >= 15 is 0 Å². The Kier molecular flexibility index (Phi) is 3.83. The molecule has 0 fully saturated rings. The molecule has 0 bridgehead atoms. The molecule has 0 radical (unpaired) electrons. The number of anilines is 1. The van der Waals surface area contributed by atoms with Crippen LogP contribution in [0.5, 0.6) is 0 Å². The third-order valence-corrected chi connectivity index (χ3v) is 1.91. The summed E-state index contributed by atoms with van der Waals surface area (Å²) in [5.41, 5.74) is 0.697. The average molecular weight is 236 g/mol. The first-order chi connectivity index (χ1) is 7.81. The predicted molar refractivity (Wildman–Crippen MR) is 64.2 cm³/mol. The van der Waals surface area contributed by atoms with Crippen LogP contribution in [0.4, 0.5) is 10.6 Å². The third kappa shape index (κ3) is 4.22. The van der Waals surface area contributed by atoms with Gasteiger partial charge in [0.15, 0.2) is 6.29 Å². The first-order valence-electron chi connectivity index (χ1n) is 5.23. The standard InChI is InChI=1S/C12H16N2O3/c1-8-5-10(13-6-9(8)7-15)14-11(16)17-12(2,3)4/h5-7H,1-4H3,(H,13,14,16). The van der Waals surface area contributed by atoms with E-state index in [4.69, 9.17) is 4.74 Å². The van der Waals surface area contributed by atoms with Gasteiger partial charge in [-0.15, -0.1) is 0 Å². The fraction of sp³-hybridized carbons (Fsp3) is 0.417. The molecule has 1 rings (SSSR count). The van der Waals surface area contributed by atoms with E-state index in [1.165, 1.54) is 6.20 Å². The maximum absolute atomic E-state index is 11.5. The quantitative estimate of drug-likeness (QED) is 0.801. The SMILES string of the molecule is Cc1cc(NC(=O)OC(C)(C)C)ncc1C=O. The van der Waals surface area contributed by atoms with Gasteiger partial charge in [-0.25, -0.2) is 9.78 Å². The van der Waals surface area contributed by atoms with E-state index in [0.717, 1.165) is 11.8 Å². The van der Waals surface area contributed by atoms with Crippen molar-refractivity contribution in [2.75, 3.05) is 5.32 Å². The van der Waals surface area contributed by atoms with Crippen LogP contribution in [-0.2, 0) is 4.74 Å². The molecule has 1 aromatic heterocycles. The number of rotatable bonds is 2. The molecule has 1 heterocycles. The van der Waals surface area contributed by atoms with Gasteiger partial charge in [0.05, 0.1) is 0 Å². The maximum Gasteiger partial charge on any atom is 0.413 e. The molecule has 5 nitrogen and oxygen atoms in total. The lowest BCUT2D eigenvalue weighted by molar-refractivity contribution is 0.0635. The molecule has 0 aliphatic carbocycles. The molecule has 0 atom stereocenters. The number of aryl methyl sites for hydroxylation is 1. The van der Waals surface area contributed by atoms with Crippen LogP contribution in [0.25, 0.3) is 0 Å². The lowest BCUT2D eigenvalue weighted by Gasteiger charge is -2.19. The fourth-order valence-electron chi connectivity index (χ4n) is 1.17. The molecule has 5 heteroatoms. The Bertz CT molecular complexity index is 436. The number of aromatic nitrogens is 1. The van der Waals surface area contributed by atoms with E-state index < -0.39 is 11.7 Å². The Hall–Kier alpha value is -1.91. The summed E-state index contributed by atoms with van der Waals surface area (Å²) in [5, 5.41) is 2.50.